The van der Waals surface area contributed by atoms with Crippen LogP contribution in [0.5, 0.6) is 11.5 Å². The van der Waals surface area contributed by atoms with Crippen LogP contribution in [0.1, 0.15) is 45.1 Å². The SMILES string of the molecule is CCNC(=NCCc1cc(Cl)c2c(c1)OCCO2)NC1CCCC(S(=O)CC)C1. The standard InChI is InChI=1S/C21H32ClN3O3S/c1-3-23-21(25-16-6-5-7-17(14-16)29(26)4-2)24-9-8-15-12-18(22)20-19(13-15)27-10-11-28-20/h12-13,16-17H,3-11,14H2,1-2H3,(H2,23,24,25). The Balaban J connectivity index is 1.58. The Morgan fingerprint density at radius 1 is 1.28 bits per heavy atom. The Hall–Kier alpha value is -1.47. The summed E-state index contributed by atoms with van der Waals surface area (Å²) in [5.41, 5.74) is 1.08. The lowest BCUT2D eigenvalue weighted by Gasteiger charge is -2.30. The maximum Gasteiger partial charge on any atom is 0.191 e. The highest BCUT2D eigenvalue weighted by Crippen LogP contribution is 2.38. The molecule has 1 aliphatic carbocycles. The van der Waals surface area contributed by atoms with Gasteiger partial charge in [-0.25, -0.2) is 0 Å². The molecule has 3 rings (SSSR count). The van der Waals surface area contributed by atoms with Gasteiger partial charge in [0.05, 0.1) is 5.02 Å². The molecule has 1 aromatic rings. The fraction of sp³-hybridized carbons (Fsp3) is 0.667. The number of nitrogens with one attached hydrogen (secondary N) is 2. The summed E-state index contributed by atoms with van der Waals surface area (Å²) >= 11 is 6.33. The lowest BCUT2D eigenvalue weighted by atomic mass is 9.95. The number of aliphatic imine (C=N–C) groups is 1. The highest BCUT2D eigenvalue weighted by Gasteiger charge is 2.26. The number of hydrogen-bond donors (Lipinski definition) is 2. The smallest absolute Gasteiger partial charge is 0.191 e. The zero-order valence-corrected chi connectivity index (χ0v) is 18.9. The topological polar surface area (TPSA) is 72.0 Å². The van der Waals surface area contributed by atoms with E-state index < -0.39 is 10.8 Å². The molecular weight excluding hydrogens is 410 g/mol. The van der Waals surface area contributed by atoms with Gasteiger partial charge in [-0.2, -0.15) is 0 Å². The predicted molar refractivity (Wildman–Crippen MR) is 120 cm³/mol. The summed E-state index contributed by atoms with van der Waals surface area (Å²) in [6.07, 6.45) is 4.99. The normalized spacial score (nSPS) is 22.8. The first kappa shape index (κ1) is 22.2. The molecule has 0 radical (unpaired) electrons. The maximum atomic E-state index is 12.2. The van der Waals surface area contributed by atoms with Crippen molar-refractivity contribution in [2.24, 2.45) is 4.99 Å². The van der Waals surface area contributed by atoms with Gasteiger partial charge >= 0.3 is 0 Å². The number of nitrogens with zero attached hydrogens (tertiary/aromatic N) is 1. The summed E-state index contributed by atoms with van der Waals surface area (Å²) in [6.45, 7) is 6.59. The lowest BCUT2D eigenvalue weighted by Crippen LogP contribution is -2.46. The second-order valence-corrected chi connectivity index (χ2v) is 9.82. The molecule has 0 aromatic heterocycles. The average Bonchev–Trinajstić information content (AvgIpc) is 2.73. The van der Waals surface area contributed by atoms with Crippen LogP contribution < -0.4 is 20.1 Å². The quantitative estimate of drug-likeness (QED) is 0.501. The van der Waals surface area contributed by atoms with Crippen LogP contribution in [0.4, 0.5) is 0 Å². The third-order valence-corrected chi connectivity index (χ3v) is 7.32. The van der Waals surface area contributed by atoms with E-state index in [1.165, 1.54) is 0 Å². The number of guanidine groups is 1. The van der Waals surface area contributed by atoms with Crippen molar-refractivity contribution in [2.45, 2.75) is 57.2 Å². The van der Waals surface area contributed by atoms with E-state index in [-0.39, 0.29) is 0 Å². The average molecular weight is 442 g/mol. The summed E-state index contributed by atoms with van der Waals surface area (Å²) in [5.74, 6) is 2.91. The van der Waals surface area contributed by atoms with Gasteiger partial charge in [0.1, 0.15) is 13.2 Å². The number of rotatable bonds is 7. The van der Waals surface area contributed by atoms with Crippen molar-refractivity contribution in [2.75, 3.05) is 32.1 Å². The Kier molecular flexibility index (Phi) is 8.48. The fourth-order valence-electron chi connectivity index (χ4n) is 3.87. The van der Waals surface area contributed by atoms with Crippen molar-refractivity contribution in [1.82, 2.24) is 10.6 Å². The van der Waals surface area contributed by atoms with E-state index in [1.54, 1.807) is 0 Å². The second-order valence-electron chi connectivity index (χ2n) is 7.41. The van der Waals surface area contributed by atoms with Crippen LogP contribution in [0.2, 0.25) is 5.02 Å². The number of benzene rings is 1. The molecule has 3 atom stereocenters. The van der Waals surface area contributed by atoms with Crippen LogP contribution >= 0.6 is 11.6 Å². The predicted octanol–water partition coefficient (Wildman–Crippen LogP) is 3.29. The molecule has 0 spiro atoms. The highest BCUT2D eigenvalue weighted by atomic mass is 35.5. The maximum absolute atomic E-state index is 12.2. The van der Waals surface area contributed by atoms with E-state index in [1.807, 2.05) is 19.1 Å². The second kappa shape index (κ2) is 11.1. The molecule has 0 amide bonds. The molecule has 2 aliphatic rings. The first-order valence-corrected chi connectivity index (χ1v) is 12.4. The van der Waals surface area contributed by atoms with Gasteiger partial charge in [-0.1, -0.05) is 24.9 Å². The van der Waals surface area contributed by atoms with Crippen LogP contribution in [-0.2, 0) is 17.2 Å². The van der Waals surface area contributed by atoms with Crippen molar-refractivity contribution in [3.05, 3.63) is 22.7 Å². The number of fused-ring (bicyclic) bond motifs is 1. The zero-order chi connectivity index (χ0) is 20.6. The van der Waals surface area contributed by atoms with E-state index >= 15 is 0 Å². The molecular formula is C21H32ClN3O3S. The Morgan fingerprint density at radius 2 is 2.10 bits per heavy atom. The van der Waals surface area contributed by atoms with E-state index in [0.717, 1.165) is 55.9 Å². The molecule has 0 saturated heterocycles. The summed E-state index contributed by atoms with van der Waals surface area (Å²) in [6, 6.07) is 4.24. The molecule has 162 valence electrons. The van der Waals surface area contributed by atoms with Gasteiger partial charge in [0.15, 0.2) is 17.5 Å². The van der Waals surface area contributed by atoms with Gasteiger partial charge in [-0.05, 0) is 50.3 Å². The third kappa shape index (κ3) is 6.25. The summed E-state index contributed by atoms with van der Waals surface area (Å²) in [7, 11) is -0.721. The minimum Gasteiger partial charge on any atom is -0.486 e. The number of halogens is 1. The summed E-state index contributed by atoms with van der Waals surface area (Å²) < 4.78 is 23.4. The fourth-order valence-corrected chi connectivity index (χ4v) is 5.51. The van der Waals surface area contributed by atoms with Crippen LogP contribution in [0, 0.1) is 0 Å². The monoisotopic (exact) mass is 441 g/mol. The molecule has 8 heteroatoms. The minimum atomic E-state index is -0.721. The van der Waals surface area contributed by atoms with Crippen molar-refractivity contribution in [3.8, 4) is 11.5 Å². The van der Waals surface area contributed by atoms with Crippen LogP contribution in [0.3, 0.4) is 0 Å². The molecule has 3 unspecified atom stereocenters. The van der Waals surface area contributed by atoms with E-state index in [2.05, 4.69) is 17.6 Å². The van der Waals surface area contributed by atoms with Crippen LogP contribution in [0.25, 0.3) is 0 Å². The van der Waals surface area contributed by atoms with Gasteiger partial charge in [-0.3, -0.25) is 9.20 Å². The third-order valence-electron chi connectivity index (χ3n) is 5.29. The molecule has 6 nitrogen and oxygen atoms in total. The van der Waals surface area contributed by atoms with Crippen molar-refractivity contribution < 1.29 is 13.7 Å². The molecule has 2 N–H and O–H groups in total. The molecule has 1 saturated carbocycles. The molecule has 0 bridgehead atoms. The molecule has 1 aliphatic heterocycles. The Morgan fingerprint density at radius 3 is 2.90 bits per heavy atom. The van der Waals surface area contributed by atoms with E-state index in [9.17, 15) is 4.21 Å². The summed E-state index contributed by atoms with van der Waals surface area (Å²) in [5, 5.41) is 7.76. The minimum absolute atomic E-state index is 0.300. The van der Waals surface area contributed by atoms with Gasteiger partial charge < -0.3 is 20.1 Å². The molecule has 1 aromatic carbocycles. The first-order valence-electron chi connectivity index (χ1n) is 10.6. The molecule has 29 heavy (non-hydrogen) atoms. The van der Waals surface area contributed by atoms with Gasteiger partial charge in [-0.15, -0.1) is 0 Å². The van der Waals surface area contributed by atoms with Crippen molar-refractivity contribution in [3.63, 3.8) is 0 Å². The van der Waals surface area contributed by atoms with Gasteiger partial charge in [0.25, 0.3) is 0 Å². The van der Waals surface area contributed by atoms with E-state index in [4.69, 9.17) is 26.1 Å². The first-order chi connectivity index (χ1) is 14.1. The molecule has 1 fully saturated rings. The highest BCUT2D eigenvalue weighted by molar-refractivity contribution is 7.85. The molecule has 1 heterocycles. The van der Waals surface area contributed by atoms with Crippen LogP contribution in [-0.4, -0.2) is 53.5 Å². The Bertz CT molecular complexity index is 744. The lowest BCUT2D eigenvalue weighted by molar-refractivity contribution is 0.171. The van der Waals surface area contributed by atoms with Gasteiger partial charge in [0, 0.05) is 40.9 Å². The van der Waals surface area contributed by atoms with Gasteiger partial charge in [0.2, 0.25) is 0 Å². The van der Waals surface area contributed by atoms with Crippen LogP contribution in [0.15, 0.2) is 17.1 Å². The van der Waals surface area contributed by atoms with Crippen molar-refractivity contribution >= 4 is 28.4 Å². The zero-order valence-electron chi connectivity index (χ0n) is 17.3. The summed E-state index contributed by atoms with van der Waals surface area (Å²) in [4.78, 5) is 4.74. The number of ether oxygens (including phenoxy) is 2. The Labute approximate surface area is 181 Å². The number of hydrogen-bond acceptors (Lipinski definition) is 4. The van der Waals surface area contributed by atoms with Crippen molar-refractivity contribution in [1.29, 1.82) is 0 Å². The largest absolute Gasteiger partial charge is 0.486 e. The van der Waals surface area contributed by atoms with E-state index in [0.29, 0.717) is 47.6 Å².